The fourth-order valence-electron chi connectivity index (χ4n) is 4.66. The molecule has 25 heavy (non-hydrogen) atoms. The number of nitrogens with one attached hydrogen (secondary N) is 1. The standard InChI is InChI=1S/C18H18N2O5/c21-13(19-12-5-3-9(4-6-12)18(24)25)8-20-16(22)14-10-1-2-11(7-10)15(14)17(20)23/h3-6,10-11,14-15H,1-2,7-8H2,(H,19,21)(H,24,25)/p-1/t10-,11-,14-,15+/m0/s1. The van der Waals surface area contributed by atoms with Crippen molar-refractivity contribution in [2.24, 2.45) is 23.7 Å². The quantitative estimate of drug-likeness (QED) is 0.777. The van der Waals surface area contributed by atoms with E-state index in [2.05, 4.69) is 5.32 Å². The summed E-state index contributed by atoms with van der Waals surface area (Å²) >= 11 is 0. The summed E-state index contributed by atoms with van der Waals surface area (Å²) in [5.74, 6) is -2.10. The predicted octanol–water partition coefficient (Wildman–Crippen LogP) is 0.0197. The second-order valence-corrected chi connectivity index (χ2v) is 7.06. The molecule has 1 heterocycles. The lowest BCUT2D eigenvalue weighted by Crippen LogP contribution is -2.39. The Hall–Kier alpha value is -2.70. The first-order chi connectivity index (χ1) is 12.0. The molecule has 1 aromatic carbocycles. The molecule has 3 amide bonds. The number of carbonyl (C=O) groups is 4. The van der Waals surface area contributed by atoms with Crippen LogP contribution >= 0.6 is 0 Å². The number of imide groups is 1. The van der Waals surface area contributed by atoms with Gasteiger partial charge in [0.2, 0.25) is 17.7 Å². The Morgan fingerprint density at radius 2 is 1.60 bits per heavy atom. The third kappa shape index (κ3) is 2.50. The van der Waals surface area contributed by atoms with Crippen LogP contribution in [-0.2, 0) is 14.4 Å². The molecule has 130 valence electrons. The smallest absolute Gasteiger partial charge is 0.244 e. The Labute approximate surface area is 144 Å². The summed E-state index contributed by atoms with van der Waals surface area (Å²) in [5.41, 5.74) is 0.403. The molecule has 0 radical (unpaired) electrons. The highest BCUT2D eigenvalue weighted by atomic mass is 16.4. The molecule has 3 fully saturated rings. The van der Waals surface area contributed by atoms with Gasteiger partial charge in [-0.25, -0.2) is 0 Å². The van der Waals surface area contributed by atoms with Crippen LogP contribution in [0.4, 0.5) is 5.69 Å². The summed E-state index contributed by atoms with van der Waals surface area (Å²) in [6, 6.07) is 5.51. The molecular weight excluding hydrogens is 324 g/mol. The molecule has 0 spiro atoms. The van der Waals surface area contributed by atoms with Crippen LogP contribution in [0.15, 0.2) is 24.3 Å². The fourth-order valence-corrected chi connectivity index (χ4v) is 4.66. The average Bonchev–Trinajstić information content (AvgIpc) is 3.25. The number of likely N-dealkylation sites (tertiary alicyclic amines) is 1. The molecule has 0 unspecified atom stereocenters. The second kappa shape index (κ2) is 5.68. The van der Waals surface area contributed by atoms with Crippen LogP contribution in [-0.4, -0.2) is 35.1 Å². The minimum absolute atomic E-state index is 0.00574. The van der Waals surface area contributed by atoms with Gasteiger partial charge in [-0.15, -0.1) is 0 Å². The van der Waals surface area contributed by atoms with Gasteiger partial charge in [0.15, 0.2) is 0 Å². The lowest BCUT2D eigenvalue weighted by Gasteiger charge is -2.19. The first-order valence-electron chi connectivity index (χ1n) is 8.42. The number of anilines is 1. The van der Waals surface area contributed by atoms with E-state index < -0.39 is 11.9 Å². The zero-order valence-electron chi connectivity index (χ0n) is 13.4. The van der Waals surface area contributed by atoms with Crippen LogP contribution in [0.25, 0.3) is 0 Å². The van der Waals surface area contributed by atoms with E-state index in [0.29, 0.717) is 5.69 Å². The molecule has 4 rings (SSSR count). The van der Waals surface area contributed by atoms with Crippen molar-refractivity contribution in [1.29, 1.82) is 0 Å². The van der Waals surface area contributed by atoms with Gasteiger partial charge in [-0.05, 0) is 48.8 Å². The molecule has 1 aromatic rings. The number of nitrogens with zero attached hydrogens (tertiary/aromatic N) is 1. The Kier molecular flexibility index (Phi) is 3.59. The maximum atomic E-state index is 12.5. The molecule has 2 bridgehead atoms. The number of hydrogen-bond acceptors (Lipinski definition) is 5. The number of carbonyl (C=O) groups excluding carboxylic acids is 4. The number of hydrogen-bond donors (Lipinski definition) is 1. The topological polar surface area (TPSA) is 107 Å². The Balaban J connectivity index is 1.42. The number of benzene rings is 1. The summed E-state index contributed by atoms with van der Waals surface area (Å²) in [4.78, 5) is 49.1. The predicted molar refractivity (Wildman–Crippen MR) is 83.9 cm³/mol. The van der Waals surface area contributed by atoms with Crippen molar-refractivity contribution in [3.05, 3.63) is 29.8 Å². The maximum absolute atomic E-state index is 12.5. The van der Waals surface area contributed by atoms with E-state index >= 15 is 0 Å². The molecule has 1 aliphatic heterocycles. The van der Waals surface area contributed by atoms with Gasteiger partial charge >= 0.3 is 0 Å². The van der Waals surface area contributed by atoms with Crippen molar-refractivity contribution in [3.63, 3.8) is 0 Å². The third-order valence-electron chi connectivity index (χ3n) is 5.72. The summed E-state index contributed by atoms with van der Waals surface area (Å²) in [7, 11) is 0. The third-order valence-corrected chi connectivity index (χ3v) is 5.72. The fraction of sp³-hybridized carbons (Fsp3) is 0.444. The van der Waals surface area contributed by atoms with E-state index in [1.807, 2.05) is 0 Å². The van der Waals surface area contributed by atoms with Crippen LogP contribution in [0, 0.1) is 23.7 Å². The van der Waals surface area contributed by atoms with Crippen molar-refractivity contribution >= 4 is 29.4 Å². The van der Waals surface area contributed by atoms with Gasteiger partial charge < -0.3 is 15.2 Å². The number of carboxylic acids is 1. The lowest BCUT2D eigenvalue weighted by atomic mass is 9.81. The molecule has 2 aliphatic carbocycles. The van der Waals surface area contributed by atoms with Gasteiger partial charge in [0, 0.05) is 5.69 Å². The number of amides is 3. The summed E-state index contributed by atoms with van der Waals surface area (Å²) < 4.78 is 0. The highest BCUT2D eigenvalue weighted by Crippen LogP contribution is 2.56. The van der Waals surface area contributed by atoms with Crippen molar-refractivity contribution < 1.29 is 24.3 Å². The van der Waals surface area contributed by atoms with E-state index in [4.69, 9.17) is 0 Å². The first kappa shape index (κ1) is 15.8. The van der Waals surface area contributed by atoms with Gasteiger partial charge in [0.25, 0.3) is 0 Å². The summed E-state index contributed by atoms with van der Waals surface area (Å²) in [5, 5.41) is 13.3. The largest absolute Gasteiger partial charge is 0.545 e. The molecule has 7 heteroatoms. The summed E-state index contributed by atoms with van der Waals surface area (Å²) in [6.45, 7) is -0.299. The SMILES string of the molecule is O=C(CN1C(=O)[C@@H]2[C@H]3CC[C@@H](C3)[C@@H]2C1=O)Nc1ccc(C(=O)[O-])cc1. The molecule has 2 saturated carbocycles. The average molecular weight is 341 g/mol. The minimum Gasteiger partial charge on any atom is -0.545 e. The maximum Gasteiger partial charge on any atom is 0.244 e. The van der Waals surface area contributed by atoms with Crippen molar-refractivity contribution in [1.82, 2.24) is 4.90 Å². The van der Waals surface area contributed by atoms with Gasteiger partial charge in [0.05, 0.1) is 17.8 Å². The zero-order chi connectivity index (χ0) is 17.7. The molecular formula is C18H17N2O5-. The van der Waals surface area contributed by atoms with E-state index in [-0.39, 0.29) is 47.6 Å². The van der Waals surface area contributed by atoms with E-state index in [0.717, 1.165) is 24.2 Å². The van der Waals surface area contributed by atoms with Crippen molar-refractivity contribution in [3.8, 4) is 0 Å². The van der Waals surface area contributed by atoms with Crippen molar-refractivity contribution in [2.75, 3.05) is 11.9 Å². The number of carboxylic acid groups (broad SMARTS) is 1. The van der Waals surface area contributed by atoms with Gasteiger partial charge in [-0.1, -0.05) is 12.1 Å². The number of rotatable bonds is 4. The first-order valence-corrected chi connectivity index (χ1v) is 8.42. The van der Waals surface area contributed by atoms with Crippen molar-refractivity contribution in [2.45, 2.75) is 19.3 Å². The Morgan fingerprint density at radius 1 is 1.04 bits per heavy atom. The molecule has 4 atom stereocenters. The number of fused-ring (bicyclic) bond motifs is 5. The highest BCUT2D eigenvalue weighted by molar-refractivity contribution is 6.09. The van der Waals surface area contributed by atoms with Gasteiger partial charge in [0.1, 0.15) is 6.54 Å². The van der Waals surface area contributed by atoms with Gasteiger partial charge in [-0.3, -0.25) is 19.3 Å². The molecule has 3 aliphatic rings. The van der Waals surface area contributed by atoms with E-state index in [1.54, 1.807) is 0 Å². The normalized spacial score (nSPS) is 29.8. The Morgan fingerprint density at radius 3 is 2.12 bits per heavy atom. The van der Waals surface area contributed by atoms with Crippen LogP contribution in [0.5, 0.6) is 0 Å². The van der Waals surface area contributed by atoms with E-state index in [9.17, 15) is 24.3 Å². The van der Waals surface area contributed by atoms with Crippen LogP contribution in [0.2, 0.25) is 0 Å². The number of aromatic carboxylic acids is 1. The monoisotopic (exact) mass is 341 g/mol. The van der Waals surface area contributed by atoms with Crippen LogP contribution in [0.1, 0.15) is 29.6 Å². The zero-order valence-corrected chi connectivity index (χ0v) is 13.4. The highest BCUT2D eigenvalue weighted by Gasteiger charge is 2.60. The molecule has 0 aromatic heterocycles. The molecule has 1 N–H and O–H groups in total. The Bertz CT molecular complexity index is 744. The molecule has 7 nitrogen and oxygen atoms in total. The lowest BCUT2D eigenvalue weighted by molar-refractivity contribution is -0.255. The van der Waals surface area contributed by atoms with Crippen LogP contribution < -0.4 is 10.4 Å². The molecule has 1 saturated heterocycles. The second-order valence-electron chi connectivity index (χ2n) is 7.06. The summed E-state index contributed by atoms with van der Waals surface area (Å²) in [6.07, 6.45) is 2.95. The van der Waals surface area contributed by atoms with Crippen LogP contribution in [0.3, 0.4) is 0 Å². The minimum atomic E-state index is -1.30. The van der Waals surface area contributed by atoms with Gasteiger partial charge in [-0.2, -0.15) is 0 Å². The van der Waals surface area contributed by atoms with E-state index in [1.165, 1.54) is 24.3 Å².